The summed E-state index contributed by atoms with van der Waals surface area (Å²) in [5, 5.41) is 13.5. The first-order valence-electron chi connectivity index (χ1n) is 6.01. The van der Waals surface area contributed by atoms with Gasteiger partial charge in [-0.15, -0.1) is 0 Å². The van der Waals surface area contributed by atoms with Crippen molar-refractivity contribution in [1.29, 1.82) is 0 Å². The van der Waals surface area contributed by atoms with Gasteiger partial charge >= 0.3 is 0 Å². The predicted molar refractivity (Wildman–Crippen MR) is 73.3 cm³/mol. The minimum absolute atomic E-state index is 0.113. The monoisotopic (exact) mass is 294 g/mol. The molecule has 0 radical (unpaired) electrons. The van der Waals surface area contributed by atoms with Crippen LogP contribution in [0, 0.1) is 21.7 Å². The highest BCUT2D eigenvalue weighted by Gasteiger charge is 2.10. The molecule has 0 bridgehead atoms. The predicted octanol–water partition coefficient (Wildman–Crippen LogP) is 3.49. The first kappa shape index (κ1) is 14.7. The van der Waals surface area contributed by atoms with Crippen LogP contribution in [0.4, 0.5) is 20.2 Å². The van der Waals surface area contributed by atoms with E-state index in [4.69, 9.17) is 4.74 Å². The molecule has 5 nitrogen and oxygen atoms in total. The number of nitrogens with zero attached hydrogens (tertiary/aromatic N) is 1. The van der Waals surface area contributed by atoms with Crippen LogP contribution in [0.1, 0.15) is 5.56 Å². The summed E-state index contributed by atoms with van der Waals surface area (Å²) in [6, 6.07) is 7.56. The SMILES string of the molecule is COc1ccc(NCc2cc(F)cc([N+](=O)[O-])c2)cc1F. The van der Waals surface area contributed by atoms with Gasteiger partial charge in [0.25, 0.3) is 5.69 Å². The number of nitro benzene ring substituents is 1. The molecule has 1 N–H and O–H groups in total. The van der Waals surface area contributed by atoms with Gasteiger partial charge in [0.2, 0.25) is 0 Å². The number of hydrogen-bond donors (Lipinski definition) is 1. The van der Waals surface area contributed by atoms with E-state index in [-0.39, 0.29) is 18.0 Å². The van der Waals surface area contributed by atoms with Gasteiger partial charge < -0.3 is 10.1 Å². The Morgan fingerprint density at radius 1 is 1.24 bits per heavy atom. The number of methoxy groups -OCH3 is 1. The van der Waals surface area contributed by atoms with Crippen molar-refractivity contribution < 1.29 is 18.4 Å². The molecule has 0 amide bonds. The van der Waals surface area contributed by atoms with Crippen molar-refractivity contribution in [2.45, 2.75) is 6.54 Å². The third-order valence-corrected chi connectivity index (χ3v) is 2.80. The van der Waals surface area contributed by atoms with Crippen molar-refractivity contribution in [2.24, 2.45) is 0 Å². The van der Waals surface area contributed by atoms with Gasteiger partial charge in [-0.3, -0.25) is 10.1 Å². The lowest BCUT2D eigenvalue weighted by atomic mass is 10.2. The molecule has 0 saturated heterocycles. The second kappa shape index (κ2) is 6.17. The van der Waals surface area contributed by atoms with Crippen LogP contribution < -0.4 is 10.1 Å². The number of anilines is 1. The zero-order valence-electron chi connectivity index (χ0n) is 11.1. The summed E-state index contributed by atoms with van der Waals surface area (Å²) in [5.74, 6) is -1.11. The zero-order chi connectivity index (χ0) is 15.4. The van der Waals surface area contributed by atoms with Crippen LogP contribution in [-0.2, 0) is 6.54 Å². The molecule has 0 aromatic heterocycles. The maximum absolute atomic E-state index is 13.5. The van der Waals surface area contributed by atoms with Crippen molar-refractivity contribution in [3.63, 3.8) is 0 Å². The lowest BCUT2D eigenvalue weighted by Crippen LogP contribution is -2.02. The number of rotatable bonds is 5. The molecule has 2 aromatic carbocycles. The molecule has 0 saturated carbocycles. The second-order valence-electron chi connectivity index (χ2n) is 4.28. The van der Waals surface area contributed by atoms with Gasteiger partial charge in [0.1, 0.15) is 5.82 Å². The summed E-state index contributed by atoms with van der Waals surface area (Å²) in [6.07, 6.45) is 0. The van der Waals surface area contributed by atoms with E-state index < -0.39 is 16.6 Å². The van der Waals surface area contributed by atoms with Crippen LogP contribution in [0.5, 0.6) is 5.75 Å². The Balaban J connectivity index is 2.12. The van der Waals surface area contributed by atoms with Crippen molar-refractivity contribution in [3.05, 3.63) is 63.7 Å². The molecule has 0 aliphatic heterocycles. The van der Waals surface area contributed by atoms with Crippen molar-refractivity contribution in [2.75, 3.05) is 12.4 Å². The Morgan fingerprint density at radius 2 is 2.00 bits per heavy atom. The normalized spacial score (nSPS) is 10.2. The number of benzene rings is 2. The van der Waals surface area contributed by atoms with Gasteiger partial charge in [-0.1, -0.05) is 0 Å². The highest BCUT2D eigenvalue weighted by molar-refractivity contribution is 5.48. The average molecular weight is 294 g/mol. The van der Waals surface area contributed by atoms with Crippen molar-refractivity contribution in [3.8, 4) is 5.75 Å². The first-order chi connectivity index (χ1) is 9.99. The lowest BCUT2D eigenvalue weighted by Gasteiger charge is -2.08. The van der Waals surface area contributed by atoms with E-state index in [0.29, 0.717) is 11.3 Å². The number of halogens is 2. The van der Waals surface area contributed by atoms with Crippen LogP contribution in [0.2, 0.25) is 0 Å². The fourth-order valence-corrected chi connectivity index (χ4v) is 1.82. The Bertz CT molecular complexity index is 677. The molecule has 0 spiro atoms. The molecule has 2 aromatic rings. The van der Waals surface area contributed by atoms with Crippen LogP contribution in [0.3, 0.4) is 0 Å². The van der Waals surface area contributed by atoms with Crippen LogP contribution >= 0.6 is 0 Å². The van der Waals surface area contributed by atoms with E-state index in [9.17, 15) is 18.9 Å². The van der Waals surface area contributed by atoms with Crippen molar-refractivity contribution >= 4 is 11.4 Å². The molecular weight excluding hydrogens is 282 g/mol. The summed E-state index contributed by atoms with van der Waals surface area (Å²) in [4.78, 5) is 9.98. The van der Waals surface area contributed by atoms with Crippen LogP contribution in [0.25, 0.3) is 0 Å². The fraction of sp³-hybridized carbons (Fsp3) is 0.143. The molecular formula is C14H12F2N2O3. The average Bonchev–Trinajstić information content (AvgIpc) is 2.44. The molecule has 2 rings (SSSR count). The quantitative estimate of drug-likeness (QED) is 0.677. The van der Waals surface area contributed by atoms with Crippen LogP contribution in [-0.4, -0.2) is 12.0 Å². The third-order valence-electron chi connectivity index (χ3n) is 2.80. The Morgan fingerprint density at radius 3 is 2.62 bits per heavy atom. The zero-order valence-corrected chi connectivity index (χ0v) is 11.1. The fourth-order valence-electron chi connectivity index (χ4n) is 1.82. The maximum Gasteiger partial charge on any atom is 0.272 e. The van der Waals surface area contributed by atoms with Gasteiger partial charge in [0.15, 0.2) is 11.6 Å². The Hall–Kier alpha value is -2.70. The maximum atomic E-state index is 13.5. The number of non-ortho nitro benzene ring substituents is 1. The van der Waals surface area contributed by atoms with E-state index in [2.05, 4.69) is 5.32 Å². The lowest BCUT2D eigenvalue weighted by molar-refractivity contribution is -0.385. The molecule has 0 atom stereocenters. The van der Waals surface area contributed by atoms with Crippen molar-refractivity contribution in [1.82, 2.24) is 0 Å². The molecule has 0 aliphatic carbocycles. The van der Waals surface area contributed by atoms with E-state index in [1.807, 2.05) is 0 Å². The first-order valence-corrected chi connectivity index (χ1v) is 6.01. The van der Waals surface area contributed by atoms with Gasteiger partial charge in [-0.25, -0.2) is 8.78 Å². The highest BCUT2D eigenvalue weighted by Crippen LogP contribution is 2.22. The molecule has 0 aliphatic rings. The Labute approximate surface area is 119 Å². The largest absolute Gasteiger partial charge is 0.494 e. The van der Waals surface area contributed by atoms with E-state index in [1.165, 1.54) is 31.4 Å². The van der Waals surface area contributed by atoms with E-state index >= 15 is 0 Å². The standard InChI is InChI=1S/C14H12F2N2O3/c1-21-14-3-2-11(7-13(14)16)17-8-9-4-10(15)6-12(5-9)18(19)20/h2-7,17H,8H2,1H3. The smallest absolute Gasteiger partial charge is 0.272 e. The number of nitro groups is 1. The van der Waals surface area contributed by atoms with E-state index in [1.54, 1.807) is 6.07 Å². The van der Waals surface area contributed by atoms with Gasteiger partial charge in [-0.05, 0) is 23.8 Å². The van der Waals surface area contributed by atoms with Gasteiger partial charge in [-0.2, -0.15) is 0 Å². The molecule has 0 heterocycles. The highest BCUT2D eigenvalue weighted by atomic mass is 19.1. The van der Waals surface area contributed by atoms with Gasteiger partial charge in [0.05, 0.1) is 18.1 Å². The Kier molecular flexibility index (Phi) is 4.32. The number of hydrogen-bond acceptors (Lipinski definition) is 4. The minimum atomic E-state index is -0.693. The van der Waals surface area contributed by atoms with Gasteiger partial charge in [0, 0.05) is 24.4 Å². The summed E-state index contributed by atoms with van der Waals surface area (Å²) in [7, 11) is 1.36. The van der Waals surface area contributed by atoms with E-state index in [0.717, 1.165) is 6.07 Å². The molecule has 0 unspecified atom stereocenters. The topological polar surface area (TPSA) is 64.4 Å². The molecule has 7 heteroatoms. The summed E-state index contributed by atoms with van der Waals surface area (Å²) in [6.45, 7) is 0.129. The summed E-state index contributed by atoms with van der Waals surface area (Å²) in [5.41, 5.74) is 0.519. The number of ether oxygens (including phenoxy) is 1. The minimum Gasteiger partial charge on any atom is -0.494 e. The molecule has 21 heavy (non-hydrogen) atoms. The number of nitrogens with one attached hydrogen (secondary N) is 1. The second-order valence-corrected chi connectivity index (χ2v) is 4.28. The third kappa shape index (κ3) is 3.65. The summed E-state index contributed by atoms with van der Waals surface area (Å²) >= 11 is 0. The molecule has 110 valence electrons. The molecule has 0 fully saturated rings. The summed E-state index contributed by atoms with van der Waals surface area (Å²) < 4.78 is 31.6. The van der Waals surface area contributed by atoms with Crippen LogP contribution in [0.15, 0.2) is 36.4 Å².